The van der Waals surface area contributed by atoms with Gasteiger partial charge in [0.2, 0.25) is 17.7 Å². The Kier molecular flexibility index (Phi) is 14.9. The van der Waals surface area contributed by atoms with Gasteiger partial charge in [-0.25, -0.2) is 4.98 Å². The van der Waals surface area contributed by atoms with Crippen LogP contribution in [0.1, 0.15) is 86.7 Å². The van der Waals surface area contributed by atoms with E-state index in [4.69, 9.17) is 20.6 Å². The monoisotopic (exact) mass is 857 g/mol. The van der Waals surface area contributed by atoms with Crippen molar-refractivity contribution in [2.45, 2.75) is 84.5 Å². The molecule has 4 amide bonds. The lowest BCUT2D eigenvalue weighted by Gasteiger charge is -2.36. The first-order valence-corrected chi connectivity index (χ1v) is 21.4. The molecule has 15 heteroatoms. The fourth-order valence-electron chi connectivity index (χ4n) is 8.00. The number of aryl methyl sites for hydroxylation is 1. The summed E-state index contributed by atoms with van der Waals surface area (Å²) in [5, 5.41) is 16.2. The number of benzene rings is 2. The molecule has 15 nitrogen and oxygen atoms in total. The predicted octanol–water partition coefficient (Wildman–Crippen LogP) is 6.05. The van der Waals surface area contributed by atoms with Crippen molar-refractivity contribution in [3.8, 4) is 16.9 Å². The van der Waals surface area contributed by atoms with Gasteiger partial charge in [-0.3, -0.25) is 24.2 Å². The fourth-order valence-corrected chi connectivity index (χ4v) is 8.00. The van der Waals surface area contributed by atoms with E-state index in [2.05, 4.69) is 30.8 Å². The maximum Gasteiger partial charge on any atom is 0.274 e. The summed E-state index contributed by atoms with van der Waals surface area (Å²) in [7, 11) is 1.54. The first kappa shape index (κ1) is 45.9. The van der Waals surface area contributed by atoms with E-state index in [1.54, 1.807) is 35.4 Å². The van der Waals surface area contributed by atoms with E-state index in [0.29, 0.717) is 62.4 Å². The van der Waals surface area contributed by atoms with Gasteiger partial charge in [0.25, 0.3) is 5.91 Å². The predicted molar refractivity (Wildman–Crippen MR) is 244 cm³/mol. The van der Waals surface area contributed by atoms with E-state index in [0.717, 1.165) is 34.2 Å². The molecule has 63 heavy (non-hydrogen) atoms. The largest absolute Gasteiger partial charge is 0.494 e. The van der Waals surface area contributed by atoms with Crippen LogP contribution in [-0.4, -0.2) is 96.2 Å². The number of carbonyl (C=O) groups excluding carboxylic acids is 4. The third-order valence-corrected chi connectivity index (χ3v) is 11.6. The van der Waals surface area contributed by atoms with Crippen LogP contribution in [0.25, 0.3) is 16.8 Å². The molecule has 0 radical (unpaired) electrons. The SMILES string of the molecule is COc1cc(N2CCC(OCC(=O)N[C@H](C(=O)N3CCC[C@H]3C(=O)N[C@@H](C)c3ccc(-c4ccncc4C)cc3)C(C)(C)C)CC2)ccc1NC(=O)c1cccc(/C(N)=C/C=N)n1. The molecule has 6 rings (SSSR count). The molecule has 2 fully saturated rings. The second-order valence-corrected chi connectivity index (χ2v) is 17.1. The van der Waals surface area contributed by atoms with Crippen LogP contribution in [0.3, 0.4) is 0 Å². The molecule has 332 valence electrons. The number of hydrogen-bond donors (Lipinski definition) is 5. The zero-order valence-electron chi connectivity index (χ0n) is 36.9. The summed E-state index contributed by atoms with van der Waals surface area (Å²) in [5.41, 5.74) is 11.7. The second kappa shape index (κ2) is 20.5. The zero-order valence-corrected chi connectivity index (χ0v) is 36.9. The van der Waals surface area contributed by atoms with Crippen molar-refractivity contribution in [1.82, 2.24) is 25.5 Å². The molecule has 2 saturated heterocycles. The highest BCUT2D eigenvalue weighted by Gasteiger charge is 2.42. The lowest BCUT2D eigenvalue weighted by molar-refractivity contribution is -0.145. The molecule has 0 aliphatic carbocycles. The number of nitrogens with two attached hydrogens (primary N) is 1. The summed E-state index contributed by atoms with van der Waals surface area (Å²) in [5.74, 6) is -0.842. The number of hydrogen-bond acceptors (Lipinski definition) is 11. The van der Waals surface area contributed by atoms with E-state index < -0.39 is 23.4 Å². The van der Waals surface area contributed by atoms with Crippen molar-refractivity contribution in [1.29, 1.82) is 5.41 Å². The van der Waals surface area contributed by atoms with Gasteiger partial charge in [-0.1, -0.05) is 51.1 Å². The molecule has 6 N–H and O–H groups in total. The standard InChI is InChI=1S/C48H59N9O6/c1-30-28-51-23-19-36(30)33-14-12-32(13-15-33)31(2)52-46(60)41-11-8-24-57(41)47(61)44(48(3,4)5)55-43(58)29-63-35-20-25-56(26-21-35)34-16-17-39(42(27-34)62-6)54-45(59)40-10-7-9-38(53-40)37(50)18-22-49/h7,9-10,12-19,22-23,27-28,31,35,41,44,49H,8,11,20-21,24-26,29,50H2,1-6H3,(H,52,60)(H,54,59)(H,55,58)/b37-18-,49-22?/t31-,41-,44+/m0/s1. The van der Waals surface area contributed by atoms with Crippen LogP contribution < -0.4 is 31.3 Å². The summed E-state index contributed by atoms with van der Waals surface area (Å²) in [6, 6.07) is 18.8. The number of amides is 4. The number of pyridine rings is 2. The Bertz CT molecular complexity index is 2320. The van der Waals surface area contributed by atoms with E-state index in [1.165, 1.54) is 13.2 Å². The molecule has 2 aromatic carbocycles. The topological polar surface area (TPSA) is 205 Å². The van der Waals surface area contributed by atoms with Gasteiger partial charge in [0, 0.05) is 50.0 Å². The van der Waals surface area contributed by atoms with Crippen LogP contribution in [0.5, 0.6) is 5.75 Å². The second-order valence-electron chi connectivity index (χ2n) is 17.1. The van der Waals surface area contributed by atoms with Gasteiger partial charge in [0.05, 0.1) is 36.3 Å². The Morgan fingerprint density at radius 1 is 0.968 bits per heavy atom. The van der Waals surface area contributed by atoms with Gasteiger partial charge in [-0.05, 0) is 104 Å². The number of methoxy groups -OCH3 is 1. The van der Waals surface area contributed by atoms with E-state index in [9.17, 15) is 19.2 Å². The van der Waals surface area contributed by atoms with Crippen molar-refractivity contribution >= 4 is 46.9 Å². The summed E-state index contributed by atoms with van der Waals surface area (Å²) in [6.45, 7) is 11.2. The lowest BCUT2D eigenvalue weighted by Crippen LogP contribution is -2.58. The Balaban J connectivity index is 0.986. The highest BCUT2D eigenvalue weighted by atomic mass is 16.5. The van der Waals surface area contributed by atoms with Gasteiger partial charge in [0.15, 0.2) is 0 Å². The van der Waals surface area contributed by atoms with Crippen LogP contribution in [0, 0.1) is 17.7 Å². The number of aromatic nitrogens is 2. The molecule has 0 saturated carbocycles. The maximum atomic E-state index is 14.1. The first-order valence-electron chi connectivity index (χ1n) is 21.4. The number of ether oxygens (including phenoxy) is 2. The number of piperidine rings is 1. The van der Waals surface area contributed by atoms with E-state index >= 15 is 0 Å². The number of allylic oxidation sites excluding steroid dienone is 1. The number of likely N-dealkylation sites (tertiary alicyclic amines) is 1. The maximum absolute atomic E-state index is 14.1. The number of nitrogens with one attached hydrogen (secondary N) is 4. The van der Waals surface area contributed by atoms with Crippen molar-refractivity contribution in [3.05, 3.63) is 108 Å². The third kappa shape index (κ3) is 11.5. The minimum Gasteiger partial charge on any atom is -0.494 e. The molecule has 0 bridgehead atoms. The molecule has 2 aliphatic rings. The van der Waals surface area contributed by atoms with Crippen molar-refractivity contribution < 1.29 is 28.7 Å². The summed E-state index contributed by atoms with van der Waals surface area (Å²) in [6.07, 6.45) is 8.48. The van der Waals surface area contributed by atoms with Gasteiger partial charge in [0.1, 0.15) is 30.1 Å². The zero-order chi connectivity index (χ0) is 45.3. The molecule has 4 aromatic rings. The Morgan fingerprint density at radius 2 is 1.70 bits per heavy atom. The lowest BCUT2D eigenvalue weighted by atomic mass is 9.85. The van der Waals surface area contributed by atoms with Gasteiger partial charge in [-0.2, -0.15) is 0 Å². The van der Waals surface area contributed by atoms with Crippen molar-refractivity contribution in [3.63, 3.8) is 0 Å². The minimum atomic E-state index is -0.858. The van der Waals surface area contributed by atoms with Crippen LogP contribution in [-0.2, 0) is 19.1 Å². The van der Waals surface area contributed by atoms with Crippen LogP contribution >= 0.6 is 0 Å². The number of rotatable bonds is 15. The number of nitrogens with zero attached hydrogens (tertiary/aromatic N) is 4. The molecule has 3 atom stereocenters. The Hall–Kier alpha value is -6.61. The third-order valence-electron chi connectivity index (χ3n) is 11.6. The summed E-state index contributed by atoms with van der Waals surface area (Å²) in [4.78, 5) is 66.6. The molecule has 2 aliphatic heterocycles. The normalized spacial score (nSPS) is 16.8. The van der Waals surface area contributed by atoms with Crippen molar-refractivity contribution in [2.24, 2.45) is 11.1 Å². The first-order chi connectivity index (χ1) is 30.2. The highest BCUT2D eigenvalue weighted by Crippen LogP contribution is 2.33. The molecule has 0 unspecified atom stereocenters. The fraction of sp³-hybridized carbons (Fsp3) is 0.396. The van der Waals surface area contributed by atoms with Gasteiger partial charge in [-0.15, -0.1) is 0 Å². The quantitative estimate of drug-likeness (QED) is 0.0876. The average Bonchev–Trinajstić information content (AvgIpc) is 3.78. The summed E-state index contributed by atoms with van der Waals surface area (Å²) < 4.78 is 11.7. The average molecular weight is 858 g/mol. The van der Waals surface area contributed by atoms with Gasteiger partial charge >= 0.3 is 0 Å². The summed E-state index contributed by atoms with van der Waals surface area (Å²) >= 11 is 0. The van der Waals surface area contributed by atoms with E-state index in [-0.39, 0.29) is 47.9 Å². The minimum absolute atomic E-state index is 0.160. The Labute approximate surface area is 369 Å². The number of carbonyl (C=O) groups is 4. The van der Waals surface area contributed by atoms with Crippen LogP contribution in [0.15, 0.2) is 85.2 Å². The molecule has 4 heterocycles. The molecule has 0 spiro atoms. The van der Waals surface area contributed by atoms with Gasteiger partial charge < -0.3 is 46.4 Å². The molecular formula is C48H59N9O6. The molecular weight excluding hydrogens is 799 g/mol. The van der Waals surface area contributed by atoms with Crippen molar-refractivity contribution in [2.75, 3.05) is 43.6 Å². The van der Waals surface area contributed by atoms with Crippen LogP contribution in [0.4, 0.5) is 11.4 Å². The Morgan fingerprint density at radius 3 is 2.38 bits per heavy atom. The smallest absolute Gasteiger partial charge is 0.274 e. The number of anilines is 2. The molecule has 2 aromatic heterocycles. The van der Waals surface area contributed by atoms with Crippen LogP contribution in [0.2, 0.25) is 0 Å². The van der Waals surface area contributed by atoms with E-state index in [1.807, 2.05) is 83.3 Å². The highest BCUT2D eigenvalue weighted by molar-refractivity contribution is 6.04.